The van der Waals surface area contributed by atoms with Crippen LogP contribution in [0.4, 0.5) is 5.69 Å². The highest BCUT2D eigenvalue weighted by Crippen LogP contribution is 2.29. The largest absolute Gasteiger partial charge is 0.490 e. The zero-order chi connectivity index (χ0) is 31.0. The van der Waals surface area contributed by atoms with E-state index >= 15 is 0 Å². The maximum Gasteiger partial charge on any atom is 0.271 e. The molecule has 10 heteroatoms. The summed E-state index contributed by atoms with van der Waals surface area (Å²) < 4.78 is 38.1. The van der Waals surface area contributed by atoms with Crippen LogP contribution in [0, 0.1) is 13.8 Å². The van der Waals surface area contributed by atoms with Crippen molar-refractivity contribution in [1.29, 1.82) is 0 Å². The summed E-state index contributed by atoms with van der Waals surface area (Å²) in [5.41, 5.74) is 8.03. The zero-order valence-electron chi connectivity index (χ0n) is 24.5. The lowest BCUT2D eigenvalue weighted by Gasteiger charge is -2.23. The van der Waals surface area contributed by atoms with Crippen LogP contribution in [-0.4, -0.2) is 33.4 Å². The van der Waals surface area contributed by atoms with Gasteiger partial charge in [0.05, 0.1) is 31.3 Å². The van der Waals surface area contributed by atoms with Crippen LogP contribution in [-0.2, 0) is 23.2 Å². The Balaban J connectivity index is 1.38. The van der Waals surface area contributed by atoms with Crippen molar-refractivity contribution < 1.29 is 22.7 Å². The average molecular weight is 620 g/mol. The monoisotopic (exact) mass is 619 g/mol. The lowest BCUT2D eigenvalue weighted by Crippen LogP contribution is -2.29. The number of nitrogens with one attached hydrogen (secondary N) is 1. The molecule has 0 radical (unpaired) electrons. The molecule has 0 unspecified atom stereocenters. The molecule has 0 atom stereocenters. The number of anilines is 1. The summed E-state index contributed by atoms with van der Waals surface area (Å²) in [4.78, 5) is 12.7. The predicted octanol–water partition coefficient (Wildman–Crippen LogP) is 6.66. The number of carbonyl (C=O) groups excluding carboxylic acids is 1. The summed E-state index contributed by atoms with van der Waals surface area (Å²) in [6.45, 7) is 6.77. The van der Waals surface area contributed by atoms with Crippen molar-refractivity contribution in [2.75, 3.05) is 17.2 Å². The number of hydrazone groups is 1. The van der Waals surface area contributed by atoms with Crippen molar-refractivity contribution >= 4 is 39.4 Å². The number of nitrogens with zero attached hydrogens (tertiary/aromatic N) is 2. The second-order valence-electron chi connectivity index (χ2n) is 9.99. The first-order valence-electron chi connectivity index (χ1n) is 13.6. The van der Waals surface area contributed by atoms with Crippen molar-refractivity contribution in [3.8, 4) is 11.5 Å². The van der Waals surface area contributed by atoms with Crippen LogP contribution in [0.25, 0.3) is 0 Å². The van der Waals surface area contributed by atoms with Gasteiger partial charge in [0.1, 0.15) is 6.61 Å². The normalized spacial score (nSPS) is 11.4. The molecule has 1 N–H and O–H groups in total. The Kier molecular flexibility index (Phi) is 10.4. The SMILES string of the molecule is CCOc1cc(/C=N\NC(=O)c2ccc(CN(c3ccc(C)c(C)c3)S(C)(=O)=O)cc2)ccc1OCc1ccc(Cl)cc1. The van der Waals surface area contributed by atoms with E-state index < -0.39 is 15.9 Å². The molecule has 1 amide bonds. The fraction of sp³-hybridized carbons (Fsp3) is 0.212. The van der Waals surface area contributed by atoms with Gasteiger partial charge in [-0.1, -0.05) is 41.9 Å². The van der Waals surface area contributed by atoms with Gasteiger partial charge in [-0.15, -0.1) is 0 Å². The molecule has 43 heavy (non-hydrogen) atoms. The van der Waals surface area contributed by atoms with Crippen molar-refractivity contribution in [3.05, 3.63) is 123 Å². The fourth-order valence-electron chi connectivity index (χ4n) is 4.17. The zero-order valence-corrected chi connectivity index (χ0v) is 26.1. The Morgan fingerprint density at radius 3 is 2.23 bits per heavy atom. The van der Waals surface area contributed by atoms with E-state index in [9.17, 15) is 13.2 Å². The molecule has 0 saturated carbocycles. The van der Waals surface area contributed by atoms with E-state index in [4.69, 9.17) is 21.1 Å². The lowest BCUT2D eigenvalue weighted by molar-refractivity contribution is 0.0955. The summed E-state index contributed by atoms with van der Waals surface area (Å²) in [5.74, 6) is 0.751. The van der Waals surface area contributed by atoms with Crippen LogP contribution in [0.15, 0.2) is 90.0 Å². The van der Waals surface area contributed by atoms with Gasteiger partial charge in [-0.05, 0) is 103 Å². The van der Waals surface area contributed by atoms with Gasteiger partial charge in [0.15, 0.2) is 11.5 Å². The summed E-state index contributed by atoms with van der Waals surface area (Å²) >= 11 is 5.95. The van der Waals surface area contributed by atoms with E-state index in [-0.39, 0.29) is 6.54 Å². The Morgan fingerprint density at radius 2 is 1.58 bits per heavy atom. The topological polar surface area (TPSA) is 97.3 Å². The number of rotatable bonds is 12. The third kappa shape index (κ3) is 8.83. The van der Waals surface area contributed by atoms with Gasteiger partial charge in [0.25, 0.3) is 5.91 Å². The van der Waals surface area contributed by atoms with Gasteiger partial charge in [0.2, 0.25) is 10.0 Å². The molecule has 4 aromatic rings. The van der Waals surface area contributed by atoms with Gasteiger partial charge in [-0.25, -0.2) is 13.8 Å². The minimum atomic E-state index is -3.52. The number of benzene rings is 4. The van der Waals surface area contributed by atoms with Crippen molar-refractivity contribution in [2.24, 2.45) is 5.10 Å². The molecule has 0 fully saturated rings. The quantitative estimate of drug-likeness (QED) is 0.141. The van der Waals surface area contributed by atoms with Crippen molar-refractivity contribution in [3.63, 3.8) is 0 Å². The van der Waals surface area contributed by atoms with Crippen LogP contribution in [0.3, 0.4) is 0 Å². The number of halogens is 1. The molecule has 4 rings (SSSR count). The maximum absolute atomic E-state index is 12.7. The van der Waals surface area contributed by atoms with E-state index in [1.807, 2.05) is 63.2 Å². The molecule has 0 aromatic heterocycles. The van der Waals surface area contributed by atoms with E-state index in [1.54, 1.807) is 42.5 Å². The molecule has 4 aromatic carbocycles. The molecule has 0 saturated heterocycles. The minimum absolute atomic E-state index is 0.142. The van der Waals surface area contributed by atoms with Gasteiger partial charge in [-0.3, -0.25) is 9.10 Å². The van der Waals surface area contributed by atoms with E-state index in [0.29, 0.717) is 46.5 Å². The van der Waals surface area contributed by atoms with Crippen LogP contribution < -0.4 is 19.2 Å². The molecule has 0 spiro atoms. The van der Waals surface area contributed by atoms with E-state index in [2.05, 4.69) is 10.5 Å². The molecule has 0 aliphatic carbocycles. The van der Waals surface area contributed by atoms with Crippen molar-refractivity contribution in [1.82, 2.24) is 5.43 Å². The number of hydrogen-bond acceptors (Lipinski definition) is 6. The molecule has 224 valence electrons. The number of sulfonamides is 1. The van der Waals surface area contributed by atoms with E-state index in [1.165, 1.54) is 16.8 Å². The van der Waals surface area contributed by atoms with Crippen LogP contribution in [0.5, 0.6) is 11.5 Å². The number of hydrogen-bond donors (Lipinski definition) is 1. The fourth-order valence-corrected chi connectivity index (χ4v) is 5.18. The summed E-state index contributed by atoms with van der Waals surface area (Å²) in [6.07, 6.45) is 2.70. The number of amides is 1. The highest BCUT2D eigenvalue weighted by molar-refractivity contribution is 7.92. The third-order valence-corrected chi connectivity index (χ3v) is 8.07. The van der Waals surface area contributed by atoms with Crippen LogP contribution in [0.2, 0.25) is 5.02 Å². The highest BCUT2D eigenvalue weighted by Gasteiger charge is 2.19. The summed E-state index contributed by atoms with van der Waals surface area (Å²) in [7, 11) is -3.52. The standard InChI is InChI=1S/C33H34ClN3O5S/c1-5-41-32-19-27(11-17-31(32)42-22-26-9-14-29(34)15-10-26)20-35-36-33(38)28-12-7-25(8-13-28)21-37(43(4,39)40)30-16-6-23(2)24(3)18-30/h6-20H,5,21-22H2,1-4H3,(H,36,38)/b35-20-. The van der Waals surface area contributed by atoms with Crippen molar-refractivity contribution in [2.45, 2.75) is 33.9 Å². The van der Waals surface area contributed by atoms with Gasteiger partial charge >= 0.3 is 0 Å². The van der Waals surface area contributed by atoms with Crippen LogP contribution >= 0.6 is 11.6 Å². The Labute approximate surface area is 258 Å². The molecule has 0 heterocycles. The molecule has 8 nitrogen and oxygen atoms in total. The predicted molar refractivity (Wildman–Crippen MR) is 172 cm³/mol. The molecular weight excluding hydrogens is 586 g/mol. The average Bonchev–Trinajstić information content (AvgIpc) is 2.97. The second kappa shape index (κ2) is 14.2. The second-order valence-corrected chi connectivity index (χ2v) is 12.3. The van der Waals surface area contributed by atoms with Gasteiger partial charge < -0.3 is 9.47 Å². The van der Waals surface area contributed by atoms with Gasteiger partial charge in [-0.2, -0.15) is 5.10 Å². The van der Waals surface area contributed by atoms with Gasteiger partial charge in [0, 0.05) is 10.6 Å². The Hall–Kier alpha value is -4.34. The first-order valence-corrected chi connectivity index (χ1v) is 15.9. The highest BCUT2D eigenvalue weighted by atomic mass is 35.5. The minimum Gasteiger partial charge on any atom is -0.490 e. The maximum atomic E-state index is 12.7. The number of carbonyl (C=O) groups is 1. The number of aryl methyl sites for hydroxylation is 2. The first-order chi connectivity index (χ1) is 20.5. The molecule has 0 aliphatic rings. The summed E-state index contributed by atoms with van der Waals surface area (Å²) in [5, 5.41) is 4.75. The molecular formula is C33H34ClN3O5S. The first kappa shape index (κ1) is 31.6. The third-order valence-electron chi connectivity index (χ3n) is 6.68. The molecule has 0 bridgehead atoms. The Morgan fingerprint density at radius 1 is 0.884 bits per heavy atom. The molecule has 0 aliphatic heterocycles. The lowest BCUT2D eigenvalue weighted by atomic mass is 10.1. The Bertz CT molecular complexity index is 1710. The van der Waals surface area contributed by atoms with E-state index in [0.717, 1.165) is 22.3 Å². The van der Waals surface area contributed by atoms with Crippen LogP contribution in [0.1, 0.15) is 45.1 Å². The summed E-state index contributed by atoms with van der Waals surface area (Å²) in [6, 6.07) is 25.1. The number of ether oxygens (including phenoxy) is 2. The smallest absolute Gasteiger partial charge is 0.271 e.